The van der Waals surface area contributed by atoms with Gasteiger partial charge in [-0.3, -0.25) is 0 Å². The van der Waals surface area contributed by atoms with E-state index >= 15 is 0 Å². The first-order valence-corrected chi connectivity index (χ1v) is 7.64. The normalized spacial score (nSPS) is 24.1. The molecule has 1 saturated heterocycles. The van der Waals surface area contributed by atoms with E-state index < -0.39 is 0 Å². The van der Waals surface area contributed by atoms with E-state index in [-0.39, 0.29) is 0 Å². The Morgan fingerprint density at radius 1 is 1.29 bits per heavy atom. The van der Waals surface area contributed by atoms with E-state index in [0.717, 1.165) is 31.0 Å². The fourth-order valence-corrected chi connectivity index (χ4v) is 3.56. The molecule has 1 atom stereocenters. The van der Waals surface area contributed by atoms with Gasteiger partial charge in [0.15, 0.2) is 0 Å². The van der Waals surface area contributed by atoms with E-state index in [1.54, 1.807) is 0 Å². The van der Waals surface area contributed by atoms with Crippen LogP contribution in [0.15, 0.2) is 18.2 Å². The molecular weight excluding hydrogens is 230 g/mol. The summed E-state index contributed by atoms with van der Waals surface area (Å²) in [5.41, 5.74) is 2.89. The molecule has 92 valence electrons. The van der Waals surface area contributed by atoms with E-state index in [4.69, 9.17) is 4.74 Å². The number of fused-ring (bicyclic) bond motifs is 1. The lowest BCUT2D eigenvalue weighted by atomic mass is 10.0. The second-order valence-corrected chi connectivity index (χ2v) is 5.96. The van der Waals surface area contributed by atoms with Crippen LogP contribution in [-0.2, 0) is 13.0 Å². The largest absolute Gasteiger partial charge is 0.490 e. The standard InChI is InChI=1S/C14H19NOS/c1-2-14(10-17-7-1)16-13-4-3-12-9-15-6-5-11(12)8-13/h3-4,8,14-15H,1-2,5-7,9-10H2. The lowest BCUT2D eigenvalue weighted by molar-refractivity contribution is 0.211. The van der Waals surface area contributed by atoms with Gasteiger partial charge in [0, 0.05) is 12.3 Å². The first-order valence-electron chi connectivity index (χ1n) is 6.49. The van der Waals surface area contributed by atoms with Crippen LogP contribution in [-0.4, -0.2) is 24.2 Å². The molecule has 0 amide bonds. The number of hydrogen-bond donors (Lipinski definition) is 1. The van der Waals surface area contributed by atoms with Gasteiger partial charge in [0.25, 0.3) is 0 Å². The SMILES string of the molecule is c1cc2c(cc1OC1CCCSC1)CCNC2. The molecule has 0 spiro atoms. The monoisotopic (exact) mass is 249 g/mol. The summed E-state index contributed by atoms with van der Waals surface area (Å²) >= 11 is 2.02. The smallest absolute Gasteiger partial charge is 0.120 e. The Bertz CT molecular complexity index is 388. The highest BCUT2D eigenvalue weighted by Gasteiger charge is 2.16. The van der Waals surface area contributed by atoms with E-state index in [1.807, 2.05) is 11.8 Å². The first-order chi connectivity index (χ1) is 8.42. The molecule has 0 aromatic heterocycles. The molecule has 2 aliphatic rings. The second kappa shape index (κ2) is 5.32. The summed E-state index contributed by atoms with van der Waals surface area (Å²) in [5, 5.41) is 3.40. The molecule has 0 saturated carbocycles. The molecular formula is C14H19NOS. The topological polar surface area (TPSA) is 21.3 Å². The van der Waals surface area contributed by atoms with Gasteiger partial charge in [0.2, 0.25) is 0 Å². The molecule has 1 aromatic rings. The van der Waals surface area contributed by atoms with Crippen molar-refractivity contribution in [2.75, 3.05) is 18.1 Å². The highest BCUT2D eigenvalue weighted by molar-refractivity contribution is 7.99. The van der Waals surface area contributed by atoms with Crippen LogP contribution >= 0.6 is 11.8 Å². The number of ether oxygens (including phenoxy) is 1. The van der Waals surface area contributed by atoms with Crippen LogP contribution in [0.2, 0.25) is 0 Å². The van der Waals surface area contributed by atoms with Gasteiger partial charge in [-0.25, -0.2) is 0 Å². The lowest BCUT2D eigenvalue weighted by Crippen LogP contribution is -2.25. The average Bonchev–Trinajstić information content (AvgIpc) is 2.40. The van der Waals surface area contributed by atoms with Crippen LogP contribution < -0.4 is 10.1 Å². The third-order valence-electron chi connectivity index (χ3n) is 3.49. The second-order valence-electron chi connectivity index (χ2n) is 4.81. The number of rotatable bonds is 2. The van der Waals surface area contributed by atoms with Crippen molar-refractivity contribution in [2.24, 2.45) is 0 Å². The Kier molecular flexibility index (Phi) is 3.57. The van der Waals surface area contributed by atoms with E-state index in [2.05, 4.69) is 23.5 Å². The maximum atomic E-state index is 6.08. The van der Waals surface area contributed by atoms with E-state index in [0.29, 0.717) is 6.10 Å². The van der Waals surface area contributed by atoms with Crippen molar-refractivity contribution in [1.82, 2.24) is 5.32 Å². The summed E-state index contributed by atoms with van der Waals surface area (Å²) in [6.07, 6.45) is 4.07. The zero-order chi connectivity index (χ0) is 11.5. The molecule has 1 aromatic carbocycles. The number of benzene rings is 1. The minimum atomic E-state index is 0.425. The van der Waals surface area contributed by atoms with Crippen LogP contribution in [0.4, 0.5) is 0 Å². The Hall–Kier alpha value is -0.670. The summed E-state index contributed by atoms with van der Waals surface area (Å²) in [4.78, 5) is 0. The molecule has 1 fully saturated rings. The minimum absolute atomic E-state index is 0.425. The van der Waals surface area contributed by atoms with Gasteiger partial charge in [-0.2, -0.15) is 11.8 Å². The number of thioether (sulfide) groups is 1. The van der Waals surface area contributed by atoms with Crippen LogP contribution in [0.1, 0.15) is 24.0 Å². The molecule has 1 unspecified atom stereocenters. The third-order valence-corrected chi connectivity index (χ3v) is 4.67. The van der Waals surface area contributed by atoms with E-state index in [1.165, 1.54) is 29.7 Å². The van der Waals surface area contributed by atoms with Gasteiger partial charge >= 0.3 is 0 Å². The highest BCUT2D eigenvalue weighted by atomic mass is 32.2. The predicted octanol–water partition coefficient (Wildman–Crippen LogP) is 2.61. The quantitative estimate of drug-likeness (QED) is 0.870. The summed E-state index contributed by atoms with van der Waals surface area (Å²) in [5.74, 6) is 3.52. The Morgan fingerprint density at radius 3 is 3.18 bits per heavy atom. The first kappa shape index (κ1) is 11.4. The van der Waals surface area contributed by atoms with Crippen LogP contribution in [0.25, 0.3) is 0 Å². The molecule has 17 heavy (non-hydrogen) atoms. The Balaban J connectivity index is 1.70. The predicted molar refractivity (Wildman–Crippen MR) is 72.8 cm³/mol. The average molecular weight is 249 g/mol. The maximum Gasteiger partial charge on any atom is 0.120 e. The number of nitrogens with one attached hydrogen (secondary N) is 1. The Morgan fingerprint density at radius 2 is 2.29 bits per heavy atom. The third kappa shape index (κ3) is 2.78. The molecule has 2 aliphatic heterocycles. The molecule has 0 bridgehead atoms. The van der Waals surface area contributed by atoms with Gasteiger partial charge in [0.05, 0.1) is 0 Å². The molecule has 3 heteroatoms. The fraction of sp³-hybridized carbons (Fsp3) is 0.571. The number of hydrogen-bond acceptors (Lipinski definition) is 3. The Labute approximate surface area is 107 Å². The molecule has 3 rings (SSSR count). The van der Waals surface area contributed by atoms with Crippen LogP contribution in [0, 0.1) is 0 Å². The molecule has 1 N–H and O–H groups in total. The van der Waals surface area contributed by atoms with Gasteiger partial charge in [-0.15, -0.1) is 0 Å². The summed E-state index contributed by atoms with van der Waals surface area (Å²) in [6.45, 7) is 2.10. The summed E-state index contributed by atoms with van der Waals surface area (Å²) < 4.78 is 6.08. The van der Waals surface area contributed by atoms with Crippen molar-refractivity contribution in [3.8, 4) is 5.75 Å². The van der Waals surface area contributed by atoms with Crippen molar-refractivity contribution >= 4 is 11.8 Å². The summed E-state index contributed by atoms with van der Waals surface area (Å²) in [6, 6.07) is 6.59. The van der Waals surface area contributed by atoms with Crippen molar-refractivity contribution < 1.29 is 4.74 Å². The van der Waals surface area contributed by atoms with Crippen molar-refractivity contribution in [3.05, 3.63) is 29.3 Å². The molecule has 0 aliphatic carbocycles. The molecule has 2 heterocycles. The van der Waals surface area contributed by atoms with Crippen molar-refractivity contribution in [3.63, 3.8) is 0 Å². The van der Waals surface area contributed by atoms with Gasteiger partial charge in [0.1, 0.15) is 11.9 Å². The van der Waals surface area contributed by atoms with Gasteiger partial charge in [-0.05, 0) is 54.8 Å². The van der Waals surface area contributed by atoms with Crippen molar-refractivity contribution in [1.29, 1.82) is 0 Å². The zero-order valence-corrected chi connectivity index (χ0v) is 10.9. The zero-order valence-electron chi connectivity index (χ0n) is 10.1. The maximum absolute atomic E-state index is 6.08. The van der Waals surface area contributed by atoms with Crippen molar-refractivity contribution in [2.45, 2.75) is 31.9 Å². The van der Waals surface area contributed by atoms with Gasteiger partial charge in [-0.1, -0.05) is 6.07 Å². The fourth-order valence-electron chi connectivity index (χ4n) is 2.52. The van der Waals surface area contributed by atoms with Crippen LogP contribution in [0.3, 0.4) is 0 Å². The molecule has 0 radical (unpaired) electrons. The summed E-state index contributed by atoms with van der Waals surface area (Å²) in [7, 11) is 0. The van der Waals surface area contributed by atoms with Gasteiger partial charge < -0.3 is 10.1 Å². The molecule has 2 nitrogen and oxygen atoms in total. The van der Waals surface area contributed by atoms with E-state index in [9.17, 15) is 0 Å². The lowest BCUT2D eigenvalue weighted by Gasteiger charge is -2.24. The minimum Gasteiger partial charge on any atom is -0.490 e. The van der Waals surface area contributed by atoms with Crippen LogP contribution in [0.5, 0.6) is 5.75 Å². The highest BCUT2D eigenvalue weighted by Crippen LogP contribution is 2.25.